The van der Waals surface area contributed by atoms with Gasteiger partial charge in [-0.1, -0.05) is 12.1 Å². The third-order valence-corrected chi connectivity index (χ3v) is 4.71. The Balaban J connectivity index is 1.90. The smallest absolute Gasteiger partial charge is 0.329 e. The van der Waals surface area contributed by atoms with E-state index in [0.29, 0.717) is 33.7 Å². The second-order valence-electron chi connectivity index (χ2n) is 6.93. The fraction of sp³-hybridized carbons (Fsp3) is 0.300. The first-order chi connectivity index (χ1) is 14.1. The second-order valence-corrected chi connectivity index (χ2v) is 6.93. The van der Waals surface area contributed by atoms with Crippen LogP contribution in [0, 0.1) is 25.2 Å². The van der Waals surface area contributed by atoms with Crippen LogP contribution in [0.2, 0.25) is 0 Å². The number of hydrogen-bond donors (Lipinski definition) is 1. The lowest BCUT2D eigenvalue weighted by atomic mass is 10.1. The summed E-state index contributed by atoms with van der Waals surface area (Å²) in [6, 6.07) is 9.24. The van der Waals surface area contributed by atoms with Gasteiger partial charge in [0.1, 0.15) is 6.54 Å². The summed E-state index contributed by atoms with van der Waals surface area (Å²) in [5.41, 5.74) is 2.29. The minimum Gasteiger partial charge on any atom is -0.329 e. The zero-order chi connectivity index (χ0) is 22.1. The average molecular weight is 417 g/mol. The predicted octanol–water partition coefficient (Wildman–Crippen LogP) is 2.64. The maximum atomic E-state index is 13.1. The number of aromatic amines is 1. The molecule has 1 amide bonds. The summed E-state index contributed by atoms with van der Waals surface area (Å²) in [6.07, 6.45) is -4.87. The monoisotopic (exact) mass is 417 g/mol. The van der Waals surface area contributed by atoms with Gasteiger partial charge in [-0.3, -0.25) is 14.7 Å². The molecule has 10 heteroatoms. The zero-order valence-electron chi connectivity index (χ0n) is 16.2. The summed E-state index contributed by atoms with van der Waals surface area (Å²) in [4.78, 5) is 29.4. The molecule has 0 bridgehead atoms. The van der Waals surface area contributed by atoms with Crippen LogP contribution in [0.3, 0.4) is 0 Å². The largest absolute Gasteiger partial charge is 0.406 e. The Hall–Kier alpha value is -3.61. The lowest BCUT2D eigenvalue weighted by Crippen LogP contribution is -2.39. The molecule has 0 saturated heterocycles. The van der Waals surface area contributed by atoms with Gasteiger partial charge < -0.3 is 4.90 Å². The number of H-pyrrole nitrogens is 1. The van der Waals surface area contributed by atoms with Crippen molar-refractivity contribution in [3.63, 3.8) is 0 Å². The molecule has 3 rings (SSSR count). The molecule has 0 aliphatic rings. The predicted molar refractivity (Wildman–Crippen MR) is 102 cm³/mol. The number of aromatic nitrogens is 3. The van der Waals surface area contributed by atoms with Crippen molar-refractivity contribution in [2.75, 3.05) is 6.54 Å². The molecule has 3 aromatic rings. The van der Waals surface area contributed by atoms with Crippen LogP contribution >= 0.6 is 0 Å². The minimum absolute atomic E-state index is 0.252. The van der Waals surface area contributed by atoms with Gasteiger partial charge in [-0.05, 0) is 31.5 Å². The molecule has 1 N–H and O–H groups in total. The van der Waals surface area contributed by atoms with Crippen LogP contribution in [-0.4, -0.2) is 38.1 Å². The zero-order valence-corrected chi connectivity index (χ0v) is 16.2. The highest BCUT2D eigenvalue weighted by atomic mass is 19.4. The van der Waals surface area contributed by atoms with Gasteiger partial charge in [-0.2, -0.15) is 18.4 Å². The van der Waals surface area contributed by atoms with Crippen molar-refractivity contribution < 1.29 is 18.0 Å². The molecule has 30 heavy (non-hydrogen) atoms. The van der Waals surface area contributed by atoms with E-state index in [0.717, 1.165) is 4.90 Å². The third-order valence-electron chi connectivity index (χ3n) is 4.71. The number of nitrogens with zero attached hydrogens (tertiary/aromatic N) is 4. The van der Waals surface area contributed by atoms with Gasteiger partial charge in [0.25, 0.3) is 5.56 Å². The third kappa shape index (κ3) is 4.68. The number of hydrogen-bond acceptors (Lipinski definition) is 4. The molecule has 0 radical (unpaired) electrons. The molecule has 0 spiro atoms. The molecule has 0 fully saturated rings. The summed E-state index contributed by atoms with van der Waals surface area (Å²) in [5.74, 6) is -0.724. The molecular weight excluding hydrogens is 399 g/mol. The van der Waals surface area contributed by atoms with Crippen molar-refractivity contribution in [3.05, 3.63) is 68.8 Å². The summed E-state index contributed by atoms with van der Waals surface area (Å²) in [5, 5.41) is 11.4. The summed E-state index contributed by atoms with van der Waals surface area (Å²) >= 11 is 0. The Labute approximate surface area is 169 Å². The van der Waals surface area contributed by atoms with E-state index in [4.69, 9.17) is 5.26 Å². The number of rotatable bonds is 5. The number of benzene rings is 1. The first-order valence-corrected chi connectivity index (χ1v) is 8.99. The van der Waals surface area contributed by atoms with E-state index in [1.54, 1.807) is 13.8 Å². The fourth-order valence-electron chi connectivity index (χ4n) is 3.23. The number of fused-ring (bicyclic) bond motifs is 1. The minimum atomic E-state index is -4.57. The van der Waals surface area contributed by atoms with Crippen LogP contribution < -0.4 is 5.56 Å². The highest BCUT2D eigenvalue weighted by Crippen LogP contribution is 2.21. The van der Waals surface area contributed by atoms with Gasteiger partial charge in [-0.25, -0.2) is 9.50 Å². The van der Waals surface area contributed by atoms with E-state index in [-0.39, 0.29) is 18.5 Å². The normalized spacial score (nSPS) is 11.5. The summed E-state index contributed by atoms with van der Waals surface area (Å²) < 4.78 is 40.7. The van der Waals surface area contributed by atoms with Gasteiger partial charge in [-0.15, -0.1) is 0 Å². The Morgan fingerprint density at radius 2 is 1.93 bits per heavy atom. The van der Waals surface area contributed by atoms with Crippen molar-refractivity contribution in [2.45, 2.75) is 33.0 Å². The first-order valence-electron chi connectivity index (χ1n) is 8.99. The first kappa shape index (κ1) is 21.1. The maximum absolute atomic E-state index is 13.1. The number of aryl methyl sites for hydroxylation is 2. The van der Waals surface area contributed by atoms with Crippen LogP contribution in [0.5, 0.6) is 0 Å². The average Bonchev–Trinajstić information content (AvgIpc) is 3.04. The Morgan fingerprint density at radius 1 is 1.27 bits per heavy atom. The molecule has 7 nitrogen and oxygen atoms in total. The Kier molecular flexibility index (Phi) is 5.64. The molecule has 0 aliphatic carbocycles. The number of nitriles is 1. The molecule has 156 valence electrons. The number of alkyl halides is 3. The van der Waals surface area contributed by atoms with E-state index < -0.39 is 18.6 Å². The van der Waals surface area contributed by atoms with Crippen molar-refractivity contribution in [2.24, 2.45) is 0 Å². The van der Waals surface area contributed by atoms with Gasteiger partial charge in [0.2, 0.25) is 5.91 Å². The molecule has 2 heterocycles. The number of nitrogens with one attached hydrogen (secondary N) is 1. The van der Waals surface area contributed by atoms with Crippen molar-refractivity contribution in [3.8, 4) is 6.07 Å². The van der Waals surface area contributed by atoms with Crippen LogP contribution in [-0.2, 0) is 17.8 Å². The van der Waals surface area contributed by atoms with E-state index >= 15 is 0 Å². The topological polar surface area (TPSA) is 94.3 Å². The van der Waals surface area contributed by atoms with E-state index in [2.05, 4.69) is 10.1 Å². The Bertz CT molecular complexity index is 1190. The Morgan fingerprint density at radius 3 is 2.53 bits per heavy atom. The van der Waals surface area contributed by atoms with Crippen molar-refractivity contribution in [1.29, 1.82) is 5.26 Å². The molecule has 1 aromatic carbocycles. The van der Waals surface area contributed by atoms with E-state index in [1.165, 1.54) is 34.8 Å². The molecule has 0 saturated carbocycles. The van der Waals surface area contributed by atoms with Crippen LogP contribution in [0.25, 0.3) is 5.65 Å². The second kappa shape index (κ2) is 8.02. The van der Waals surface area contributed by atoms with Gasteiger partial charge >= 0.3 is 6.18 Å². The highest BCUT2D eigenvalue weighted by Gasteiger charge is 2.33. The number of amides is 1. The van der Waals surface area contributed by atoms with Crippen molar-refractivity contribution in [1.82, 2.24) is 19.5 Å². The summed E-state index contributed by atoms with van der Waals surface area (Å²) in [7, 11) is 0. The fourth-order valence-corrected chi connectivity index (χ4v) is 3.23. The standard InChI is InChI=1S/C20H18F3N5O2/c1-12-16(13(2)28-17(25-12)8-18(29)26-28)7-19(30)27(11-20(21,22)23)10-15-5-3-14(9-24)4-6-15/h3-6,8H,7,10-11H2,1-2H3,(H,26,29). The van der Waals surface area contributed by atoms with Gasteiger partial charge in [0, 0.05) is 29.6 Å². The number of carbonyl (C=O) groups excluding carboxylic acids is 1. The van der Waals surface area contributed by atoms with Gasteiger partial charge in [0.05, 0.1) is 18.1 Å². The van der Waals surface area contributed by atoms with E-state index in [9.17, 15) is 22.8 Å². The van der Waals surface area contributed by atoms with E-state index in [1.807, 2.05) is 6.07 Å². The molecule has 0 aliphatic heterocycles. The highest BCUT2D eigenvalue weighted by molar-refractivity contribution is 5.79. The molecule has 2 aromatic heterocycles. The van der Waals surface area contributed by atoms with Crippen LogP contribution in [0.1, 0.15) is 28.1 Å². The molecular formula is C20H18F3N5O2. The summed E-state index contributed by atoms with van der Waals surface area (Å²) in [6.45, 7) is 1.65. The van der Waals surface area contributed by atoms with Crippen molar-refractivity contribution >= 4 is 11.6 Å². The number of halogens is 3. The SMILES string of the molecule is Cc1nc2cc(=O)[nH]n2c(C)c1CC(=O)N(Cc1ccc(C#N)cc1)CC(F)(F)F. The lowest BCUT2D eigenvalue weighted by molar-refractivity contribution is -0.162. The quantitative estimate of drug-likeness (QED) is 0.691. The molecule has 0 unspecified atom stereocenters. The van der Waals surface area contributed by atoms with Gasteiger partial charge in [0.15, 0.2) is 5.65 Å². The van der Waals surface area contributed by atoms with Crippen LogP contribution in [0.15, 0.2) is 35.1 Å². The molecule has 0 atom stereocenters. The lowest BCUT2D eigenvalue weighted by Gasteiger charge is -2.25. The number of carbonyl (C=O) groups is 1. The van der Waals surface area contributed by atoms with Crippen LogP contribution in [0.4, 0.5) is 13.2 Å². The maximum Gasteiger partial charge on any atom is 0.406 e.